The zero-order chi connectivity index (χ0) is 40.0. The second-order valence-electron chi connectivity index (χ2n) is 16.6. The highest BCUT2D eigenvalue weighted by Crippen LogP contribution is 2.25. The SMILES string of the molecule is CCCCCCCCCCCCCCCC[C@H](C)C(=O)N(C)[C@@H](CO[C@H]1O[C@H](CO)[C@H](O)[C@H](O)[C@H]1O)[C@H](O)[C@H](O)CCCCCCCCCCCCCC. The standard InChI is InChI=1S/C44H87NO9/c1-5-7-9-11-13-15-17-19-20-21-23-25-27-29-31-35(3)43(52)45(4)36(34-53-44-42(51)41(50)40(49)38(33-46)54-44)39(48)37(47)32-30-28-26-24-22-18-16-14-12-10-8-6-2/h35-42,44,46-51H,5-34H2,1-4H3/t35-,36-,37+,38+,39-,40-,41-,42+,44-/m0/s1. The molecule has 1 amide bonds. The molecular weight excluding hydrogens is 686 g/mol. The second kappa shape index (κ2) is 33.2. The molecule has 1 aliphatic rings. The number of ether oxygens (including phenoxy) is 2. The number of carbonyl (C=O) groups excluding carboxylic acids is 1. The zero-order valence-corrected chi connectivity index (χ0v) is 35.3. The number of amides is 1. The molecule has 1 aliphatic heterocycles. The van der Waals surface area contributed by atoms with Crippen molar-refractivity contribution in [2.75, 3.05) is 20.3 Å². The lowest BCUT2D eigenvalue weighted by Crippen LogP contribution is -2.60. The highest BCUT2D eigenvalue weighted by atomic mass is 16.7. The highest BCUT2D eigenvalue weighted by Gasteiger charge is 2.45. The van der Waals surface area contributed by atoms with Crippen LogP contribution in [0.25, 0.3) is 0 Å². The van der Waals surface area contributed by atoms with Crippen LogP contribution in [-0.4, -0.2) is 111 Å². The van der Waals surface area contributed by atoms with Crippen molar-refractivity contribution in [3.8, 4) is 0 Å². The fourth-order valence-corrected chi connectivity index (χ4v) is 7.74. The van der Waals surface area contributed by atoms with Crippen molar-refractivity contribution in [2.45, 2.75) is 250 Å². The van der Waals surface area contributed by atoms with Gasteiger partial charge in [-0.2, -0.15) is 0 Å². The van der Waals surface area contributed by atoms with Crippen LogP contribution in [0, 0.1) is 5.92 Å². The van der Waals surface area contributed by atoms with E-state index in [4.69, 9.17) is 9.47 Å². The summed E-state index contributed by atoms with van der Waals surface area (Å²) < 4.78 is 11.3. The predicted octanol–water partition coefficient (Wildman–Crippen LogP) is 7.95. The number of hydrogen-bond donors (Lipinski definition) is 6. The van der Waals surface area contributed by atoms with Crippen LogP contribution in [0.15, 0.2) is 0 Å². The number of nitrogens with zero attached hydrogens (tertiary/aromatic N) is 1. The molecular formula is C44H87NO9. The normalized spacial score (nSPS) is 22.6. The number of aliphatic hydroxyl groups excluding tert-OH is 6. The average Bonchev–Trinajstić information content (AvgIpc) is 3.17. The summed E-state index contributed by atoms with van der Waals surface area (Å²) >= 11 is 0. The maximum absolute atomic E-state index is 13.6. The molecule has 1 heterocycles. The van der Waals surface area contributed by atoms with E-state index >= 15 is 0 Å². The molecule has 0 radical (unpaired) electrons. The molecule has 54 heavy (non-hydrogen) atoms. The predicted molar refractivity (Wildman–Crippen MR) is 218 cm³/mol. The molecule has 0 aromatic rings. The molecule has 0 unspecified atom stereocenters. The van der Waals surface area contributed by atoms with E-state index < -0.39 is 55.6 Å². The summed E-state index contributed by atoms with van der Waals surface area (Å²) in [5.41, 5.74) is 0. The van der Waals surface area contributed by atoms with Gasteiger partial charge in [0.15, 0.2) is 6.29 Å². The van der Waals surface area contributed by atoms with Gasteiger partial charge in [-0.1, -0.05) is 188 Å². The summed E-state index contributed by atoms with van der Waals surface area (Å²) in [7, 11) is 1.60. The molecule has 1 fully saturated rings. The topological polar surface area (TPSA) is 160 Å². The first kappa shape index (κ1) is 51.2. The van der Waals surface area contributed by atoms with Crippen LogP contribution in [0.3, 0.4) is 0 Å². The van der Waals surface area contributed by atoms with E-state index in [2.05, 4.69) is 13.8 Å². The van der Waals surface area contributed by atoms with Gasteiger partial charge in [0.1, 0.15) is 30.5 Å². The maximum Gasteiger partial charge on any atom is 0.225 e. The van der Waals surface area contributed by atoms with Crippen LogP contribution in [0.1, 0.15) is 201 Å². The van der Waals surface area contributed by atoms with Gasteiger partial charge in [0.2, 0.25) is 5.91 Å². The summed E-state index contributed by atoms with van der Waals surface area (Å²) in [5.74, 6) is -0.452. The third-order valence-corrected chi connectivity index (χ3v) is 11.7. The minimum Gasteiger partial charge on any atom is -0.394 e. The fraction of sp³-hybridized carbons (Fsp3) is 0.977. The van der Waals surface area contributed by atoms with E-state index in [1.54, 1.807) is 7.05 Å². The lowest BCUT2D eigenvalue weighted by Gasteiger charge is -2.41. The van der Waals surface area contributed by atoms with Crippen LogP contribution < -0.4 is 0 Å². The third kappa shape index (κ3) is 22.2. The molecule has 322 valence electrons. The number of carbonyl (C=O) groups is 1. The van der Waals surface area contributed by atoms with Crippen LogP contribution in [0.4, 0.5) is 0 Å². The van der Waals surface area contributed by atoms with Crippen molar-refractivity contribution in [1.29, 1.82) is 0 Å². The average molecular weight is 774 g/mol. The van der Waals surface area contributed by atoms with Gasteiger partial charge in [-0.3, -0.25) is 4.79 Å². The van der Waals surface area contributed by atoms with Crippen molar-refractivity contribution in [3.05, 3.63) is 0 Å². The van der Waals surface area contributed by atoms with Crippen LogP contribution >= 0.6 is 0 Å². The number of likely N-dealkylation sites (N-methyl/N-ethyl adjacent to an activating group) is 1. The number of hydrogen-bond acceptors (Lipinski definition) is 9. The smallest absolute Gasteiger partial charge is 0.225 e. The molecule has 9 atom stereocenters. The molecule has 6 N–H and O–H groups in total. The summed E-state index contributed by atoms with van der Waals surface area (Å²) in [6.45, 7) is 5.51. The van der Waals surface area contributed by atoms with E-state index in [0.717, 1.165) is 51.4 Å². The lowest BCUT2D eigenvalue weighted by atomic mass is 9.96. The Labute approximate surface area is 330 Å². The number of unbranched alkanes of at least 4 members (excludes halogenated alkanes) is 24. The number of rotatable bonds is 36. The largest absolute Gasteiger partial charge is 0.394 e. The van der Waals surface area contributed by atoms with Crippen molar-refractivity contribution < 1.29 is 44.9 Å². The molecule has 1 rings (SSSR count). The quantitative estimate of drug-likeness (QED) is 0.0348. The van der Waals surface area contributed by atoms with Crippen molar-refractivity contribution in [1.82, 2.24) is 4.90 Å². The Hall–Kier alpha value is -0.850. The van der Waals surface area contributed by atoms with E-state index in [1.807, 2.05) is 6.92 Å². The molecule has 10 heteroatoms. The van der Waals surface area contributed by atoms with Gasteiger partial charge < -0.3 is 45.0 Å². The summed E-state index contributed by atoms with van der Waals surface area (Å²) in [4.78, 5) is 15.1. The summed E-state index contributed by atoms with van der Waals surface area (Å²) in [5, 5.41) is 63.0. The van der Waals surface area contributed by atoms with Gasteiger partial charge >= 0.3 is 0 Å². The first-order valence-electron chi connectivity index (χ1n) is 22.6. The Morgan fingerprint density at radius 3 is 1.41 bits per heavy atom. The van der Waals surface area contributed by atoms with Gasteiger partial charge in [-0.15, -0.1) is 0 Å². The molecule has 0 aliphatic carbocycles. The Kier molecular flexibility index (Phi) is 31.4. The molecule has 1 saturated heterocycles. The van der Waals surface area contributed by atoms with Crippen molar-refractivity contribution in [2.24, 2.45) is 5.92 Å². The molecule has 0 spiro atoms. The minimum absolute atomic E-state index is 0.163. The van der Waals surface area contributed by atoms with E-state index in [-0.39, 0.29) is 18.4 Å². The first-order chi connectivity index (χ1) is 26.1. The second-order valence-corrected chi connectivity index (χ2v) is 16.6. The first-order valence-corrected chi connectivity index (χ1v) is 22.6. The van der Waals surface area contributed by atoms with Crippen LogP contribution in [0.2, 0.25) is 0 Å². The Balaban J connectivity index is 2.57. The lowest BCUT2D eigenvalue weighted by molar-refractivity contribution is -0.304. The molecule has 0 aromatic carbocycles. The maximum atomic E-state index is 13.6. The van der Waals surface area contributed by atoms with Gasteiger partial charge in [0, 0.05) is 13.0 Å². The monoisotopic (exact) mass is 774 g/mol. The zero-order valence-electron chi connectivity index (χ0n) is 35.3. The van der Waals surface area contributed by atoms with E-state index in [0.29, 0.717) is 6.42 Å². The van der Waals surface area contributed by atoms with Crippen LogP contribution in [-0.2, 0) is 14.3 Å². The van der Waals surface area contributed by atoms with Gasteiger partial charge in [0.05, 0.1) is 25.4 Å². The van der Waals surface area contributed by atoms with E-state index in [9.17, 15) is 35.4 Å². The van der Waals surface area contributed by atoms with Crippen molar-refractivity contribution >= 4 is 5.91 Å². The molecule has 0 bridgehead atoms. The highest BCUT2D eigenvalue weighted by molar-refractivity contribution is 5.78. The summed E-state index contributed by atoms with van der Waals surface area (Å²) in [6.07, 6.45) is 23.5. The minimum atomic E-state index is -1.61. The Bertz CT molecular complexity index is 864. The Morgan fingerprint density at radius 1 is 0.611 bits per heavy atom. The van der Waals surface area contributed by atoms with Crippen LogP contribution in [0.5, 0.6) is 0 Å². The summed E-state index contributed by atoms with van der Waals surface area (Å²) in [6, 6.07) is -0.948. The van der Waals surface area contributed by atoms with Gasteiger partial charge in [-0.05, 0) is 12.8 Å². The van der Waals surface area contributed by atoms with Gasteiger partial charge in [-0.25, -0.2) is 0 Å². The molecule has 0 aromatic heterocycles. The fourth-order valence-electron chi connectivity index (χ4n) is 7.74. The molecule has 10 nitrogen and oxygen atoms in total. The van der Waals surface area contributed by atoms with Gasteiger partial charge in [0.25, 0.3) is 0 Å². The van der Waals surface area contributed by atoms with Crippen molar-refractivity contribution in [3.63, 3.8) is 0 Å². The number of aliphatic hydroxyl groups is 6. The van der Waals surface area contributed by atoms with E-state index in [1.165, 1.54) is 127 Å². The molecule has 0 saturated carbocycles. The Morgan fingerprint density at radius 2 is 1.00 bits per heavy atom. The third-order valence-electron chi connectivity index (χ3n) is 11.7.